The van der Waals surface area contributed by atoms with Gasteiger partial charge in [0.05, 0.1) is 18.7 Å². The molecule has 6 heteroatoms. The Balaban J connectivity index is 1.76. The number of anilines is 1. The summed E-state index contributed by atoms with van der Waals surface area (Å²) >= 11 is 3.40. The van der Waals surface area contributed by atoms with E-state index in [0.717, 1.165) is 15.6 Å². The number of aryl methyl sites for hydroxylation is 2. The van der Waals surface area contributed by atoms with Gasteiger partial charge in [-0.2, -0.15) is 0 Å². The van der Waals surface area contributed by atoms with Crippen molar-refractivity contribution in [3.8, 4) is 5.75 Å². The van der Waals surface area contributed by atoms with Crippen molar-refractivity contribution < 1.29 is 19.1 Å². The first-order valence-corrected chi connectivity index (χ1v) is 9.10. The Morgan fingerprint density at radius 3 is 2.38 bits per heavy atom. The summed E-state index contributed by atoms with van der Waals surface area (Å²) in [6.45, 7) is 5.68. The molecule has 5 nitrogen and oxygen atoms in total. The zero-order valence-corrected chi connectivity index (χ0v) is 16.6. The van der Waals surface area contributed by atoms with E-state index in [4.69, 9.17) is 9.47 Å². The highest BCUT2D eigenvalue weighted by Gasteiger charge is 2.18. The molecule has 1 atom stereocenters. The summed E-state index contributed by atoms with van der Waals surface area (Å²) in [6, 6.07) is 13.1. The molecule has 0 saturated heterocycles. The third-order valence-corrected chi connectivity index (χ3v) is 4.31. The van der Waals surface area contributed by atoms with Crippen LogP contribution in [0.3, 0.4) is 0 Å². The number of carbonyl (C=O) groups is 2. The van der Waals surface area contributed by atoms with Crippen molar-refractivity contribution in [1.82, 2.24) is 0 Å². The third kappa shape index (κ3) is 6.19. The van der Waals surface area contributed by atoms with Gasteiger partial charge in [-0.15, -0.1) is 0 Å². The summed E-state index contributed by atoms with van der Waals surface area (Å²) in [7, 11) is 0. The minimum Gasteiger partial charge on any atom is -0.493 e. The van der Waals surface area contributed by atoms with E-state index in [9.17, 15) is 9.59 Å². The quantitative estimate of drug-likeness (QED) is 0.675. The topological polar surface area (TPSA) is 64.6 Å². The molecule has 1 amide bonds. The Morgan fingerprint density at radius 1 is 1.08 bits per heavy atom. The van der Waals surface area contributed by atoms with Gasteiger partial charge in [-0.3, -0.25) is 9.59 Å². The number of rotatable bonds is 7. The van der Waals surface area contributed by atoms with Gasteiger partial charge in [-0.1, -0.05) is 23.8 Å². The lowest BCUT2D eigenvalue weighted by Gasteiger charge is -2.15. The molecular weight excluding hydrogens is 398 g/mol. The van der Waals surface area contributed by atoms with Gasteiger partial charge in [0.25, 0.3) is 5.91 Å². The number of amides is 1. The normalized spacial score (nSPS) is 11.5. The molecule has 1 N–H and O–H groups in total. The smallest absolute Gasteiger partial charge is 0.310 e. The molecule has 0 aliphatic heterocycles. The van der Waals surface area contributed by atoms with E-state index in [1.807, 2.05) is 50.2 Å². The maximum Gasteiger partial charge on any atom is 0.310 e. The van der Waals surface area contributed by atoms with E-state index in [0.29, 0.717) is 11.4 Å². The summed E-state index contributed by atoms with van der Waals surface area (Å²) in [5, 5.41) is 2.74. The first-order valence-electron chi connectivity index (χ1n) is 8.31. The van der Waals surface area contributed by atoms with Crippen molar-refractivity contribution in [2.24, 2.45) is 0 Å². The van der Waals surface area contributed by atoms with Gasteiger partial charge in [0.2, 0.25) is 0 Å². The largest absolute Gasteiger partial charge is 0.493 e. The molecule has 0 unspecified atom stereocenters. The number of ether oxygens (including phenoxy) is 2. The molecule has 26 heavy (non-hydrogen) atoms. The zero-order chi connectivity index (χ0) is 19.1. The number of benzene rings is 2. The van der Waals surface area contributed by atoms with Crippen LogP contribution in [0.15, 0.2) is 46.9 Å². The second-order valence-corrected chi connectivity index (χ2v) is 6.87. The average molecular weight is 420 g/mol. The molecule has 0 aromatic heterocycles. The van der Waals surface area contributed by atoms with Crippen molar-refractivity contribution in [3.05, 3.63) is 58.1 Å². The molecule has 0 aliphatic rings. The van der Waals surface area contributed by atoms with Crippen LogP contribution in [0, 0.1) is 13.8 Å². The van der Waals surface area contributed by atoms with Gasteiger partial charge in [0.15, 0.2) is 6.10 Å². The van der Waals surface area contributed by atoms with E-state index in [2.05, 4.69) is 21.2 Å². The molecule has 2 aromatic rings. The highest BCUT2D eigenvalue weighted by atomic mass is 79.9. The monoisotopic (exact) mass is 419 g/mol. The third-order valence-electron chi connectivity index (χ3n) is 3.66. The number of carbonyl (C=O) groups excluding carboxylic acids is 2. The first-order chi connectivity index (χ1) is 12.3. The number of nitrogens with one attached hydrogen (secondary N) is 1. The fourth-order valence-electron chi connectivity index (χ4n) is 2.15. The summed E-state index contributed by atoms with van der Waals surface area (Å²) in [5.41, 5.74) is 2.84. The Morgan fingerprint density at radius 2 is 1.73 bits per heavy atom. The average Bonchev–Trinajstić information content (AvgIpc) is 2.59. The predicted molar refractivity (Wildman–Crippen MR) is 104 cm³/mol. The maximum absolute atomic E-state index is 12.2. The summed E-state index contributed by atoms with van der Waals surface area (Å²) in [5.74, 6) is -0.177. The van der Waals surface area contributed by atoms with Gasteiger partial charge in [-0.25, -0.2) is 0 Å². The fourth-order valence-corrected chi connectivity index (χ4v) is 2.74. The van der Waals surface area contributed by atoms with Crippen molar-refractivity contribution in [3.63, 3.8) is 0 Å². The molecule has 0 saturated carbocycles. The maximum atomic E-state index is 12.2. The highest BCUT2D eigenvalue weighted by Crippen LogP contribution is 2.23. The van der Waals surface area contributed by atoms with Crippen molar-refractivity contribution in [1.29, 1.82) is 0 Å². The molecule has 2 rings (SSSR count). The number of halogens is 1. The van der Waals surface area contributed by atoms with Gasteiger partial charge in [-0.05, 0) is 66.5 Å². The van der Waals surface area contributed by atoms with E-state index in [1.165, 1.54) is 6.92 Å². The van der Waals surface area contributed by atoms with Crippen LogP contribution in [-0.4, -0.2) is 24.6 Å². The predicted octanol–water partition coefficient (Wildman–Crippen LogP) is 4.41. The van der Waals surface area contributed by atoms with Crippen LogP contribution >= 0.6 is 15.9 Å². The van der Waals surface area contributed by atoms with Crippen LogP contribution in [0.25, 0.3) is 0 Å². The van der Waals surface area contributed by atoms with Crippen molar-refractivity contribution >= 4 is 33.5 Å². The summed E-state index contributed by atoms with van der Waals surface area (Å²) in [6.07, 6.45) is -0.824. The molecule has 0 fully saturated rings. The van der Waals surface area contributed by atoms with E-state index in [1.54, 1.807) is 6.07 Å². The molecule has 0 spiro atoms. The van der Waals surface area contributed by atoms with E-state index >= 15 is 0 Å². The summed E-state index contributed by atoms with van der Waals surface area (Å²) in [4.78, 5) is 24.0. The minimum atomic E-state index is -0.893. The van der Waals surface area contributed by atoms with Crippen LogP contribution in [0.2, 0.25) is 0 Å². The first kappa shape index (κ1) is 20.0. The molecule has 0 aliphatic carbocycles. The van der Waals surface area contributed by atoms with Crippen LogP contribution in [-0.2, 0) is 14.3 Å². The fraction of sp³-hybridized carbons (Fsp3) is 0.300. The lowest BCUT2D eigenvalue weighted by molar-refractivity contribution is -0.153. The Bertz CT molecular complexity index is 774. The van der Waals surface area contributed by atoms with Crippen molar-refractivity contribution in [2.45, 2.75) is 33.3 Å². The molecule has 0 radical (unpaired) electrons. The van der Waals surface area contributed by atoms with Crippen LogP contribution < -0.4 is 10.1 Å². The number of hydrogen-bond acceptors (Lipinski definition) is 4. The second-order valence-electron chi connectivity index (χ2n) is 6.02. The van der Waals surface area contributed by atoms with Gasteiger partial charge in [0, 0.05) is 4.47 Å². The molecule has 138 valence electrons. The highest BCUT2D eigenvalue weighted by molar-refractivity contribution is 9.10. The van der Waals surface area contributed by atoms with Gasteiger partial charge in [0.1, 0.15) is 5.75 Å². The molecule has 0 heterocycles. The zero-order valence-electron chi connectivity index (χ0n) is 15.0. The van der Waals surface area contributed by atoms with Crippen molar-refractivity contribution in [2.75, 3.05) is 11.9 Å². The molecular formula is C20H22BrNO4. The number of esters is 1. The Labute approximate surface area is 161 Å². The minimum absolute atomic E-state index is 0.0692. The Hall–Kier alpha value is -2.34. The molecule has 2 aromatic carbocycles. The van der Waals surface area contributed by atoms with E-state index in [-0.39, 0.29) is 18.9 Å². The van der Waals surface area contributed by atoms with Gasteiger partial charge < -0.3 is 14.8 Å². The van der Waals surface area contributed by atoms with Crippen LogP contribution in [0.4, 0.5) is 5.69 Å². The van der Waals surface area contributed by atoms with Crippen LogP contribution in [0.1, 0.15) is 24.5 Å². The summed E-state index contributed by atoms with van der Waals surface area (Å²) < 4.78 is 11.4. The molecule has 0 bridgehead atoms. The van der Waals surface area contributed by atoms with Crippen LogP contribution in [0.5, 0.6) is 5.75 Å². The van der Waals surface area contributed by atoms with E-state index < -0.39 is 12.1 Å². The number of hydrogen-bond donors (Lipinski definition) is 1. The van der Waals surface area contributed by atoms with Gasteiger partial charge >= 0.3 is 5.97 Å². The Kier molecular flexibility index (Phi) is 7.21. The SMILES string of the molecule is Cc1ccc(OCCC(=O)O[C@@H](C)C(=O)Nc2ccc(C)cc2Br)cc1. The standard InChI is InChI=1S/C20H22BrNO4/c1-13-4-7-16(8-5-13)25-11-10-19(23)26-15(3)20(24)22-18-9-6-14(2)12-17(18)21/h4-9,12,15H,10-11H2,1-3H3,(H,22,24)/t15-/m0/s1. The second kappa shape index (κ2) is 9.38. The lowest BCUT2D eigenvalue weighted by Crippen LogP contribution is -2.30. The lowest BCUT2D eigenvalue weighted by atomic mass is 10.2.